The first-order chi connectivity index (χ1) is 11.6. The van der Waals surface area contributed by atoms with Crippen LogP contribution in [-0.2, 0) is 13.0 Å². The van der Waals surface area contributed by atoms with E-state index in [1.807, 2.05) is 0 Å². The molecule has 2 aliphatic rings. The van der Waals surface area contributed by atoms with E-state index in [2.05, 4.69) is 39.6 Å². The summed E-state index contributed by atoms with van der Waals surface area (Å²) in [5.41, 5.74) is 2.73. The van der Waals surface area contributed by atoms with Crippen molar-refractivity contribution < 1.29 is 4.79 Å². The van der Waals surface area contributed by atoms with E-state index in [-0.39, 0.29) is 18.3 Å². The van der Waals surface area contributed by atoms with Crippen LogP contribution >= 0.6 is 12.4 Å². The lowest BCUT2D eigenvalue weighted by atomic mass is 9.96. The molecule has 1 aromatic heterocycles. The molecular weight excluding hydrogens is 338 g/mol. The molecule has 1 aromatic rings. The Morgan fingerprint density at radius 2 is 2.12 bits per heavy atom. The third kappa shape index (κ3) is 5.43. The van der Waals surface area contributed by atoms with Crippen molar-refractivity contribution in [1.29, 1.82) is 0 Å². The van der Waals surface area contributed by atoms with Crippen LogP contribution in [0.15, 0.2) is 0 Å². The lowest BCUT2D eigenvalue weighted by molar-refractivity contribution is 0.0929. The van der Waals surface area contributed by atoms with Crippen molar-refractivity contribution in [1.82, 2.24) is 25.7 Å². The summed E-state index contributed by atoms with van der Waals surface area (Å²) in [6.07, 6.45) is 4.56. The number of aromatic amines is 1. The second kappa shape index (κ2) is 9.55. The quantitative estimate of drug-likeness (QED) is 0.716. The molecule has 6 nitrogen and oxygen atoms in total. The highest BCUT2D eigenvalue weighted by atomic mass is 35.5. The molecule has 3 rings (SSSR count). The lowest BCUT2D eigenvalue weighted by Crippen LogP contribution is -2.39. The van der Waals surface area contributed by atoms with Crippen molar-refractivity contribution in [3.63, 3.8) is 0 Å². The van der Waals surface area contributed by atoms with Crippen LogP contribution in [0.4, 0.5) is 0 Å². The molecule has 1 amide bonds. The summed E-state index contributed by atoms with van der Waals surface area (Å²) >= 11 is 0. The average molecular weight is 370 g/mol. The highest BCUT2D eigenvalue weighted by molar-refractivity contribution is 5.94. The van der Waals surface area contributed by atoms with Gasteiger partial charge in [0.05, 0.1) is 0 Å². The van der Waals surface area contributed by atoms with Crippen molar-refractivity contribution in [3.8, 4) is 0 Å². The maximum Gasteiger partial charge on any atom is 0.272 e. The Morgan fingerprint density at radius 3 is 2.84 bits per heavy atom. The summed E-state index contributed by atoms with van der Waals surface area (Å²) < 4.78 is 0. The molecule has 0 bridgehead atoms. The first-order valence-electron chi connectivity index (χ1n) is 9.41. The van der Waals surface area contributed by atoms with Crippen LogP contribution in [0.1, 0.15) is 54.9 Å². The van der Waals surface area contributed by atoms with Gasteiger partial charge in [0.2, 0.25) is 0 Å². The van der Waals surface area contributed by atoms with Crippen LogP contribution < -0.4 is 10.6 Å². The summed E-state index contributed by atoms with van der Waals surface area (Å²) in [7, 11) is 0. The molecule has 3 N–H and O–H groups in total. The standard InChI is InChI=1S/C18H31N5O.ClH/c1-13(2)4-8-23-9-5-14(6-10-23)11-20-18(24)17-15-12-19-7-3-16(15)21-22-17;/h13-14,19H,3-12H2,1-2H3,(H,20,24)(H,21,22);1H. The zero-order chi connectivity index (χ0) is 16.9. The minimum absolute atomic E-state index is 0. The number of nitrogens with one attached hydrogen (secondary N) is 3. The third-order valence-corrected chi connectivity index (χ3v) is 5.30. The summed E-state index contributed by atoms with van der Waals surface area (Å²) in [5.74, 6) is 1.34. The van der Waals surface area contributed by atoms with E-state index in [1.165, 1.54) is 25.8 Å². The normalized spacial score (nSPS) is 18.7. The zero-order valence-corrected chi connectivity index (χ0v) is 16.3. The van der Waals surface area contributed by atoms with E-state index < -0.39 is 0 Å². The minimum atomic E-state index is -0.0292. The van der Waals surface area contributed by atoms with Crippen LogP contribution in [-0.4, -0.2) is 53.7 Å². The molecular formula is C18H32ClN5O. The highest BCUT2D eigenvalue weighted by Crippen LogP contribution is 2.18. The molecule has 1 saturated heterocycles. The fourth-order valence-corrected chi connectivity index (χ4v) is 3.59. The fraction of sp³-hybridized carbons (Fsp3) is 0.778. The van der Waals surface area contributed by atoms with Gasteiger partial charge in [-0.05, 0) is 50.7 Å². The summed E-state index contributed by atoms with van der Waals surface area (Å²) in [6.45, 7) is 10.6. The SMILES string of the molecule is CC(C)CCN1CCC(CNC(=O)c2n[nH]c3c2CNCC3)CC1.Cl. The maximum absolute atomic E-state index is 12.4. The Kier molecular flexibility index (Phi) is 7.72. The Balaban J connectivity index is 0.00000225. The molecule has 0 atom stereocenters. The molecule has 0 aliphatic carbocycles. The number of piperidine rings is 1. The Labute approximate surface area is 156 Å². The first kappa shape index (κ1) is 20.2. The van der Waals surface area contributed by atoms with Gasteiger partial charge in [0.1, 0.15) is 0 Å². The monoisotopic (exact) mass is 369 g/mol. The number of aromatic nitrogens is 2. The first-order valence-corrected chi connectivity index (χ1v) is 9.41. The number of hydrogen-bond acceptors (Lipinski definition) is 4. The van der Waals surface area contributed by atoms with E-state index in [0.29, 0.717) is 11.6 Å². The number of amides is 1. The van der Waals surface area contributed by atoms with Gasteiger partial charge in [-0.3, -0.25) is 9.89 Å². The average Bonchev–Trinajstić information content (AvgIpc) is 3.03. The van der Waals surface area contributed by atoms with Gasteiger partial charge in [0.15, 0.2) is 5.69 Å². The molecule has 2 aliphatic heterocycles. The smallest absolute Gasteiger partial charge is 0.272 e. The van der Waals surface area contributed by atoms with E-state index in [1.54, 1.807) is 0 Å². The molecule has 0 unspecified atom stereocenters. The number of carbonyl (C=O) groups excluding carboxylic acids is 1. The number of hydrogen-bond donors (Lipinski definition) is 3. The zero-order valence-electron chi connectivity index (χ0n) is 15.4. The van der Waals surface area contributed by atoms with Gasteiger partial charge in [-0.15, -0.1) is 12.4 Å². The highest BCUT2D eigenvalue weighted by Gasteiger charge is 2.23. The Hall–Kier alpha value is -1.11. The van der Waals surface area contributed by atoms with Gasteiger partial charge in [-0.25, -0.2) is 0 Å². The molecule has 1 fully saturated rings. The van der Waals surface area contributed by atoms with Gasteiger partial charge in [0, 0.05) is 37.3 Å². The van der Waals surface area contributed by atoms with Crippen molar-refractivity contribution in [2.45, 2.75) is 46.1 Å². The molecule has 7 heteroatoms. The number of halogens is 1. The number of H-pyrrole nitrogens is 1. The number of carbonyl (C=O) groups is 1. The van der Waals surface area contributed by atoms with E-state index in [9.17, 15) is 4.79 Å². The number of nitrogens with zero attached hydrogens (tertiary/aromatic N) is 2. The van der Waals surface area contributed by atoms with Crippen LogP contribution in [0.25, 0.3) is 0 Å². The maximum atomic E-state index is 12.4. The van der Waals surface area contributed by atoms with Crippen LogP contribution in [0, 0.1) is 11.8 Å². The summed E-state index contributed by atoms with van der Waals surface area (Å²) in [6, 6.07) is 0. The lowest BCUT2D eigenvalue weighted by Gasteiger charge is -2.32. The van der Waals surface area contributed by atoms with Gasteiger partial charge >= 0.3 is 0 Å². The molecule has 0 aromatic carbocycles. The van der Waals surface area contributed by atoms with Gasteiger partial charge in [-0.1, -0.05) is 13.8 Å². The van der Waals surface area contributed by atoms with Crippen molar-refractivity contribution in [3.05, 3.63) is 17.0 Å². The predicted octanol–water partition coefficient (Wildman–Crippen LogP) is 1.97. The minimum Gasteiger partial charge on any atom is -0.350 e. The van der Waals surface area contributed by atoms with Crippen LogP contribution in [0.5, 0.6) is 0 Å². The van der Waals surface area contributed by atoms with Gasteiger partial charge in [-0.2, -0.15) is 5.10 Å². The van der Waals surface area contributed by atoms with E-state index >= 15 is 0 Å². The molecule has 142 valence electrons. The molecule has 3 heterocycles. The summed E-state index contributed by atoms with van der Waals surface area (Å²) in [4.78, 5) is 15.0. The second-order valence-electron chi connectivity index (χ2n) is 7.63. The molecule has 0 spiro atoms. The predicted molar refractivity (Wildman–Crippen MR) is 102 cm³/mol. The number of fused-ring (bicyclic) bond motifs is 1. The topological polar surface area (TPSA) is 73.0 Å². The fourth-order valence-electron chi connectivity index (χ4n) is 3.59. The third-order valence-electron chi connectivity index (χ3n) is 5.30. The Morgan fingerprint density at radius 1 is 1.36 bits per heavy atom. The van der Waals surface area contributed by atoms with Crippen molar-refractivity contribution >= 4 is 18.3 Å². The summed E-state index contributed by atoms with van der Waals surface area (Å²) in [5, 5.41) is 13.7. The molecule has 25 heavy (non-hydrogen) atoms. The number of rotatable bonds is 6. The van der Waals surface area contributed by atoms with Crippen LogP contribution in [0.3, 0.4) is 0 Å². The second-order valence-corrected chi connectivity index (χ2v) is 7.63. The van der Waals surface area contributed by atoms with Gasteiger partial charge < -0.3 is 15.5 Å². The molecule has 0 radical (unpaired) electrons. The molecule has 0 saturated carbocycles. The van der Waals surface area contributed by atoms with Crippen molar-refractivity contribution in [2.24, 2.45) is 11.8 Å². The van der Waals surface area contributed by atoms with Crippen LogP contribution in [0.2, 0.25) is 0 Å². The Bertz CT molecular complexity index is 552. The number of likely N-dealkylation sites (tertiary alicyclic amines) is 1. The van der Waals surface area contributed by atoms with E-state index in [4.69, 9.17) is 0 Å². The van der Waals surface area contributed by atoms with Gasteiger partial charge in [0.25, 0.3) is 5.91 Å². The van der Waals surface area contributed by atoms with Crippen molar-refractivity contribution in [2.75, 3.05) is 32.7 Å². The van der Waals surface area contributed by atoms with E-state index in [0.717, 1.165) is 56.3 Å². The largest absolute Gasteiger partial charge is 0.350 e.